The monoisotopic (exact) mass is 283 g/mol. The normalized spacial score (nSPS) is 25.5. The van der Waals surface area contributed by atoms with Gasteiger partial charge >= 0.3 is 0 Å². The van der Waals surface area contributed by atoms with Gasteiger partial charge in [-0.1, -0.05) is 63.8 Å². The summed E-state index contributed by atoms with van der Waals surface area (Å²) in [7, 11) is 0. The molecule has 1 saturated carbocycles. The molecule has 114 valence electrons. The second-order valence-corrected chi connectivity index (χ2v) is 6.73. The van der Waals surface area contributed by atoms with Gasteiger partial charge < -0.3 is 0 Å². The van der Waals surface area contributed by atoms with E-state index in [2.05, 4.69) is 44.2 Å². The molecule has 1 heteroatoms. The van der Waals surface area contributed by atoms with Crippen molar-refractivity contribution in [3.8, 4) is 6.07 Å². The first-order valence-electron chi connectivity index (χ1n) is 8.74. The number of hydrogen-bond donors (Lipinski definition) is 0. The van der Waals surface area contributed by atoms with Gasteiger partial charge in [0.15, 0.2) is 0 Å². The molecule has 0 N–H and O–H groups in total. The highest BCUT2D eigenvalue weighted by molar-refractivity contribution is 5.35. The van der Waals surface area contributed by atoms with Crippen LogP contribution >= 0.6 is 0 Å². The number of benzene rings is 1. The summed E-state index contributed by atoms with van der Waals surface area (Å²) in [5, 5.41) is 9.78. The fourth-order valence-corrected chi connectivity index (χ4v) is 3.70. The minimum Gasteiger partial charge on any atom is -0.197 e. The molecule has 0 heterocycles. The van der Waals surface area contributed by atoms with Gasteiger partial charge in [-0.3, -0.25) is 0 Å². The van der Waals surface area contributed by atoms with Crippen molar-refractivity contribution in [3.05, 3.63) is 35.4 Å². The maximum atomic E-state index is 9.78. The molecule has 1 aliphatic rings. The van der Waals surface area contributed by atoms with Crippen LogP contribution in [0, 0.1) is 17.2 Å². The van der Waals surface area contributed by atoms with Gasteiger partial charge in [-0.15, -0.1) is 0 Å². The van der Waals surface area contributed by atoms with E-state index in [0.717, 1.165) is 25.2 Å². The summed E-state index contributed by atoms with van der Waals surface area (Å²) < 4.78 is 0. The van der Waals surface area contributed by atoms with Gasteiger partial charge in [-0.25, -0.2) is 0 Å². The van der Waals surface area contributed by atoms with Gasteiger partial charge in [0, 0.05) is 0 Å². The van der Waals surface area contributed by atoms with E-state index in [9.17, 15) is 5.26 Å². The van der Waals surface area contributed by atoms with Crippen LogP contribution < -0.4 is 0 Å². The largest absolute Gasteiger partial charge is 0.197 e. The number of hydrogen-bond acceptors (Lipinski definition) is 1. The summed E-state index contributed by atoms with van der Waals surface area (Å²) in [4.78, 5) is 0. The lowest BCUT2D eigenvalue weighted by atomic mass is 9.67. The molecule has 0 aromatic heterocycles. The van der Waals surface area contributed by atoms with E-state index in [1.54, 1.807) is 0 Å². The third-order valence-corrected chi connectivity index (χ3v) is 5.18. The number of aryl methyl sites for hydroxylation is 1. The highest BCUT2D eigenvalue weighted by Gasteiger charge is 2.36. The topological polar surface area (TPSA) is 23.8 Å². The summed E-state index contributed by atoms with van der Waals surface area (Å²) in [5.74, 6) is 0.853. The van der Waals surface area contributed by atoms with E-state index in [0.29, 0.717) is 0 Å². The summed E-state index contributed by atoms with van der Waals surface area (Å²) in [6, 6.07) is 11.5. The molecule has 0 radical (unpaired) electrons. The van der Waals surface area contributed by atoms with Gasteiger partial charge in [-0.2, -0.15) is 5.26 Å². The van der Waals surface area contributed by atoms with E-state index >= 15 is 0 Å². The van der Waals surface area contributed by atoms with Crippen molar-refractivity contribution in [1.29, 1.82) is 5.26 Å². The average molecular weight is 283 g/mol. The van der Waals surface area contributed by atoms with E-state index in [-0.39, 0.29) is 5.41 Å². The maximum absolute atomic E-state index is 9.78. The van der Waals surface area contributed by atoms with Crippen LogP contribution in [0.15, 0.2) is 24.3 Å². The zero-order chi connectivity index (χ0) is 15.1. The molecule has 0 saturated heterocycles. The first kappa shape index (κ1) is 16.1. The Hall–Kier alpha value is -1.29. The molecule has 0 bridgehead atoms. The van der Waals surface area contributed by atoms with E-state index in [1.165, 1.54) is 49.7 Å². The van der Waals surface area contributed by atoms with Gasteiger partial charge in [0.1, 0.15) is 0 Å². The Labute approximate surface area is 130 Å². The lowest BCUT2D eigenvalue weighted by Gasteiger charge is -2.35. The molecular weight excluding hydrogens is 254 g/mol. The van der Waals surface area contributed by atoms with Crippen molar-refractivity contribution in [2.75, 3.05) is 0 Å². The first-order valence-corrected chi connectivity index (χ1v) is 8.74. The van der Waals surface area contributed by atoms with Crippen LogP contribution in [0.2, 0.25) is 0 Å². The predicted octanol–water partition coefficient (Wildman–Crippen LogP) is 5.78. The second-order valence-electron chi connectivity index (χ2n) is 6.73. The van der Waals surface area contributed by atoms with Crippen molar-refractivity contribution in [3.63, 3.8) is 0 Å². The van der Waals surface area contributed by atoms with Crippen LogP contribution in [0.25, 0.3) is 0 Å². The highest BCUT2D eigenvalue weighted by Crippen LogP contribution is 2.42. The Morgan fingerprint density at radius 1 is 1.10 bits per heavy atom. The molecular formula is C20H29N. The van der Waals surface area contributed by atoms with Crippen molar-refractivity contribution in [1.82, 2.24) is 0 Å². The maximum Gasteiger partial charge on any atom is 0.0822 e. The van der Waals surface area contributed by atoms with Crippen molar-refractivity contribution in [2.24, 2.45) is 5.92 Å². The zero-order valence-corrected chi connectivity index (χ0v) is 13.7. The number of unbranched alkanes of at least 4 members (excludes halogenated alkanes) is 1. The van der Waals surface area contributed by atoms with Crippen LogP contribution in [0.1, 0.15) is 76.3 Å². The molecule has 0 spiro atoms. The second kappa shape index (κ2) is 7.64. The molecule has 0 aliphatic heterocycles. The Kier molecular flexibility index (Phi) is 5.85. The Balaban J connectivity index is 2.04. The fraction of sp³-hybridized carbons (Fsp3) is 0.650. The van der Waals surface area contributed by atoms with Crippen molar-refractivity contribution in [2.45, 2.75) is 77.0 Å². The summed E-state index contributed by atoms with van der Waals surface area (Å²) in [6.45, 7) is 4.47. The molecule has 2 rings (SSSR count). The number of nitrogens with zero attached hydrogens (tertiary/aromatic N) is 1. The predicted molar refractivity (Wildman–Crippen MR) is 89.2 cm³/mol. The number of rotatable bonds is 6. The zero-order valence-electron chi connectivity index (χ0n) is 13.7. The quantitative estimate of drug-likeness (QED) is 0.649. The van der Waals surface area contributed by atoms with Crippen molar-refractivity contribution < 1.29 is 0 Å². The van der Waals surface area contributed by atoms with E-state index in [1.807, 2.05) is 0 Å². The molecule has 1 aliphatic carbocycles. The third-order valence-electron chi connectivity index (χ3n) is 5.18. The minimum atomic E-state index is -0.215. The Morgan fingerprint density at radius 2 is 1.76 bits per heavy atom. The van der Waals surface area contributed by atoms with Crippen LogP contribution in [-0.2, 0) is 11.8 Å². The van der Waals surface area contributed by atoms with Gasteiger partial charge in [0.2, 0.25) is 0 Å². The SMILES string of the molecule is CCCCC1CCC(C#N)(c2ccc(CCC)cc2)CC1. The molecule has 1 aromatic carbocycles. The van der Waals surface area contributed by atoms with Gasteiger partial charge in [-0.05, 0) is 49.1 Å². The summed E-state index contributed by atoms with van der Waals surface area (Å²) >= 11 is 0. The summed E-state index contributed by atoms with van der Waals surface area (Å²) in [5.41, 5.74) is 2.43. The van der Waals surface area contributed by atoms with Crippen molar-refractivity contribution >= 4 is 0 Å². The van der Waals surface area contributed by atoms with Crippen LogP contribution in [0.3, 0.4) is 0 Å². The van der Waals surface area contributed by atoms with Crippen LogP contribution in [0.4, 0.5) is 0 Å². The summed E-state index contributed by atoms with van der Waals surface area (Å²) in [6.07, 6.45) is 10.9. The molecule has 0 atom stereocenters. The van der Waals surface area contributed by atoms with Gasteiger partial charge in [0.05, 0.1) is 11.5 Å². The van der Waals surface area contributed by atoms with E-state index in [4.69, 9.17) is 0 Å². The smallest absolute Gasteiger partial charge is 0.0822 e. The molecule has 0 unspecified atom stereocenters. The third kappa shape index (κ3) is 3.88. The minimum absolute atomic E-state index is 0.215. The lowest BCUT2D eigenvalue weighted by molar-refractivity contribution is 0.262. The molecule has 1 nitrogen and oxygen atoms in total. The molecule has 0 amide bonds. The average Bonchev–Trinajstić information content (AvgIpc) is 2.54. The lowest BCUT2D eigenvalue weighted by Crippen LogP contribution is -2.30. The van der Waals surface area contributed by atoms with Gasteiger partial charge in [0.25, 0.3) is 0 Å². The molecule has 1 aromatic rings. The highest BCUT2D eigenvalue weighted by atomic mass is 14.4. The van der Waals surface area contributed by atoms with Crippen LogP contribution in [-0.4, -0.2) is 0 Å². The molecule has 1 fully saturated rings. The van der Waals surface area contributed by atoms with Crippen LogP contribution in [0.5, 0.6) is 0 Å². The Morgan fingerprint density at radius 3 is 2.29 bits per heavy atom. The Bertz CT molecular complexity index is 458. The number of nitriles is 1. The first-order chi connectivity index (χ1) is 10.2. The standard InChI is InChI=1S/C20H29N/c1-3-5-7-18-12-14-20(16-21,15-13-18)19-10-8-17(6-4-2)9-11-19/h8-11,18H,3-7,12-15H2,1-2H3. The van der Waals surface area contributed by atoms with E-state index < -0.39 is 0 Å². The molecule has 21 heavy (non-hydrogen) atoms. The fourth-order valence-electron chi connectivity index (χ4n) is 3.70.